The van der Waals surface area contributed by atoms with Crippen molar-refractivity contribution in [3.8, 4) is 0 Å². The van der Waals surface area contributed by atoms with Gasteiger partial charge >= 0.3 is 0 Å². The number of aliphatic imine (C=N–C) groups is 1. The molecule has 0 saturated carbocycles. The van der Waals surface area contributed by atoms with E-state index in [9.17, 15) is 0 Å². The second-order valence-corrected chi connectivity index (χ2v) is 11.9. The Kier molecular flexibility index (Phi) is 5.69. The topological polar surface area (TPSA) is 31.7 Å². The van der Waals surface area contributed by atoms with Gasteiger partial charge in [0.15, 0.2) is 0 Å². The van der Waals surface area contributed by atoms with Crippen molar-refractivity contribution >= 4 is 58.1 Å². The Morgan fingerprint density at radius 2 is 1.62 bits per heavy atom. The summed E-state index contributed by atoms with van der Waals surface area (Å²) in [6.07, 6.45) is 14.4. The van der Waals surface area contributed by atoms with E-state index in [4.69, 9.17) is 4.99 Å². The Morgan fingerprint density at radius 3 is 2.52 bits per heavy atom. The van der Waals surface area contributed by atoms with Gasteiger partial charge in [-0.1, -0.05) is 66.0 Å². The molecule has 4 aliphatic rings. The fraction of sp³-hybridized carbons (Fsp3) is 0.118. The monoisotopic (exact) mass is 550 g/mol. The van der Waals surface area contributed by atoms with Crippen LogP contribution in [0.1, 0.15) is 24.8 Å². The molecule has 0 radical (unpaired) electrons. The van der Waals surface area contributed by atoms with Crippen LogP contribution >= 0.6 is 23.5 Å². The number of hydrogen-bond donors (Lipinski definition) is 0. The van der Waals surface area contributed by atoms with Gasteiger partial charge in [0.25, 0.3) is 0 Å². The molecule has 190 valence electrons. The van der Waals surface area contributed by atoms with Crippen LogP contribution in [-0.4, -0.2) is 17.7 Å². The van der Waals surface area contributed by atoms with Gasteiger partial charge in [0.05, 0.1) is 34.5 Å². The third kappa shape index (κ3) is 3.76. The van der Waals surface area contributed by atoms with E-state index in [1.54, 1.807) is 11.8 Å². The van der Waals surface area contributed by atoms with Crippen LogP contribution in [0.15, 0.2) is 115 Å². The molecule has 0 bridgehead atoms. The molecule has 0 N–H and O–H groups in total. The largest absolute Gasteiger partial charge is 0.310 e. The minimum Gasteiger partial charge on any atom is -0.310 e. The summed E-state index contributed by atoms with van der Waals surface area (Å²) in [5, 5.41) is 0. The highest BCUT2D eigenvalue weighted by Crippen LogP contribution is 2.53. The molecule has 1 aliphatic carbocycles. The third-order valence-electron chi connectivity index (χ3n) is 7.47. The molecular formula is C34H22N4S2. The Morgan fingerprint density at radius 1 is 0.800 bits per heavy atom. The second kappa shape index (κ2) is 9.68. The number of aromatic nitrogens is 1. The summed E-state index contributed by atoms with van der Waals surface area (Å²) >= 11 is 3.62. The predicted octanol–water partition coefficient (Wildman–Crippen LogP) is 8.58. The quantitative estimate of drug-likeness (QED) is 0.225. The van der Waals surface area contributed by atoms with Crippen LogP contribution in [0.5, 0.6) is 0 Å². The van der Waals surface area contributed by atoms with Crippen LogP contribution < -0.4 is 9.80 Å². The minimum atomic E-state index is 0.730. The molecular weight excluding hydrogens is 529 g/mol. The minimum absolute atomic E-state index is 0.730. The van der Waals surface area contributed by atoms with Crippen molar-refractivity contribution in [3.63, 3.8) is 0 Å². The number of anilines is 4. The van der Waals surface area contributed by atoms with Crippen LogP contribution in [0.4, 0.5) is 22.7 Å². The van der Waals surface area contributed by atoms with Crippen molar-refractivity contribution in [2.75, 3.05) is 16.3 Å². The van der Waals surface area contributed by atoms with Gasteiger partial charge in [0.2, 0.25) is 0 Å². The summed E-state index contributed by atoms with van der Waals surface area (Å²) in [5.74, 6) is 0. The van der Waals surface area contributed by atoms with E-state index in [2.05, 4.69) is 112 Å². The van der Waals surface area contributed by atoms with E-state index in [1.807, 2.05) is 24.0 Å². The maximum absolute atomic E-state index is 4.79. The van der Waals surface area contributed by atoms with E-state index in [1.165, 1.54) is 31.7 Å². The van der Waals surface area contributed by atoms with Gasteiger partial charge in [-0.25, -0.2) is 4.98 Å². The lowest BCUT2D eigenvalue weighted by atomic mass is 9.96. The zero-order valence-corrected chi connectivity index (χ0v) is 23.1. The Balaban J connectivity index is 1.36. The van der Waals surface area contributed by atoms with E-state index in [0.717, 1.165) is 59.0 Å². The number of rotatable bonds is 3. The first-order valence-electron chi connectivity index (χ1n) is 13.3. The molecule has 8 rings (SSSR count). The lowest BCUT2D eigenvalue weighted by molar-refractivity contribution is 0.882. The molecule has 3 aliphatic heterocycles. The first kappa shape index (κ1) is 23.5. The smallest absolute Gasteiger partial charge is 0.112 e. The van der Waals surface area contributed by atoms with Crippen LogP contribution in [0, 0.1) is 24.4 Å². The highest BCUT2D eigenvalue weighted by molar-refractivity contribution is 8.03. The van der Waals surface area contributed by atoms with E-state index in [-0.39, 0.29) is 0 Å². The molecule has 0 saturated heterocycles. The van der Waals surface area contributed by atoms with Gasteiger partial charge < -0.3 is 4.90 Å². The summed E-state index contributed by atoms with van der Waals surface area (Å²) in [4.78, 5) is 18.8. The van der Waals surface area contributed by atoms with Crippen molar-refractivity contribution in [2.24, 2.45) is 4.99 Å². The molecule has 0 atom stereocenters. The normalized spacial score (nSPS) is 17.0. The molecule has 40 heavy (non-hydrogen) atoms. The average molecular weight is 551 g/mol. The Bertz CT molecular complexity index is 1740. The van der Waals surface area contributed by atoms with Crippen molar-refractivity contribution in [1.82, 2.24) is 4.98 Å². The molecule has 0 fully saturated rings. The van der Waals surface area contributed by atoms with Crippen LogP contribution in [0.3, 0.4) is 0 Å². The number of para-hydroxylation sites is 2. The summed E-state index contributed by atoms with van der Waals surface area (Å²) in [7, 11) is 0. The van der Waals surface area contributed by atoms with Crippen molar-refractivity contribution < 1.29 is 0 Å². The summed E-state index contributed by atoms with van der Waals surface area (Å²) < 4.78 is 0. The fourth-order valence-electron chi connectivity index (χ4n) is 5.73. The van der Waals surface area contributed by atoms with Crippen LogP contribution in [0.2, 0.25) is 0 Å². The Hall–Kier alpha value is -4.36. The maximum atomic E-state index is 4.79. The lowest BCUT2D eigenvalue weighted by Gasteiger charge is -2.38. The first-order chi connectivity index (χ1) is 19.9. The number of hydrogen-bond acceptors (Lipinski definition) is 6. The lowest BCUT2D eigenvalue weighted by Crippen LogP contribution is -2.29. The van der Waals surface area contributed by atoms with Gasteiger partial charge in [0, 0.05) is 44.2 Å². The fourth-order valence-corrected chi connectivity index (χ4v) is 7.88. The molecule has 0 amide bonds. The number of fused-ring (bicyclic) bond motifs is 3. The molecule has 4 aromatic rings. The Labute approximate surface area is 242 Å². The SMILES string of the molecule is c1ccc2c(c#1)N(c1cnc#cc1C1=C(N3C4=C(C=CCC4)Sc4ccccc43)C=NCC1)c1ccccc1S2. The number of benzene rings is 2. The van der Waals surface area contributed by atoms with E-state index < -0.39 is 0 Å². The highest BCUT2D eigenvalue weighted by atomic mass is 32.2. The van der Waals surface area contributed by atoms with Crippen molar-refractivity contribution in [1.29, 1.82) is 0 Å². The molecule has 4 nitrogen and oxygen atoms in total. The first-order valence-corrected chi connectivity index (χ1v) is 15.0. The summed E-state index contributed by atoms with van der Waals surface area (Å²) in [6, 6.07) is 31.2. The number of thioether (sulfide) groups is 1. The summed E-state index contributed by atoms with van der Waals surface area (Å²) in [5.41, 5.74) is 8.87. The van der Waals surface area contributed by atoms with Gasteiger partial charge in [-0.15, -0.1) is 0 Å². The van der Waals surface area contributed by atoms with Crippen LogP contribution in [-0.2, 0) is 0 Å². The van der Waals surface area contributed by atoms with E-state index >= 15 is 0 Å². The molecule has 0 unspecified atom stereocenters. The van der Waals surface area contributed by atoms with Gasteiger partial charge in [-0.05, 0) is 73.4 Å². The van der Waals surface area contributed by atoms with Crippen LogP contribution in [0.25, 0.3) is 5.57 Å². The van der Waals surface area contributed by atoms with Gasteiger partial charge in [-0.3, -0.25) is 9.89 Å². The number of dihydropyridines is 1. The van der Waals surface area contributed by atoms with E-state index in [0.29, 0.717) is 0 Å². The standard InChI is InChI=1S/C34H22N4S2/c1-5-13-31-25(9-1)37(26-10-2-6-14-32(26)39-31)29-21-35-19-17-23(29)24-18-20-36-22-30(24)38-27-11-3-7-15-33(27)40-34-16-8-4-12-28(34)38/h1,3,5-9,11,13-16,21-22H,2,10,17,19H2. The zero-order valence-electron chi connectivity index (χ0n) is 21.5. The predicted molar refractivity (Wildman–Crippen MR) is 163 cm³/mol. The summed E-state index contributed by atoms with van der Waals surface area (Å²) in [6.45, 7) is 0.730. The average Bonchev–Trinajstić information content (AvgIpc) is 3.02. The number of allylic oxidation sites excluding steroid dienone is 4. The number of nitrogens with zero attached hydrogens (tertiary/aromatic N) is 4. The molecule has 4 heterocycles. The van der Waals surface area contributed by atoms with Crippen molar-refractivity contribution in [3.05, 3.63) is 125 Å². The third-order valence-corrected chi connectivity index (χ3v) is 9.75. The molecule has 3 aromatic carbocycles. The van der Waals surface area contributed by atoms with Gasteiger partial charge in [-0.2, -0.15) is 0 Å². The molecule has 0 spiro atoms. The molecule has 6 heteroatoms. The van der Waals surface area contributed by atoms with Crippen molar-refractivity contribution in [2.45, 2.75) is 33.9 Å². The highest BCUT2D eigenvalue weighted by Gasteiger charge is 2.33. The zero-order chi connectivity index (χ0) is 26.5. The maximum Gasteiger partial charge on any atom is 0.112 e. The second-order valence-electron chi connectivity index (χ2n) is 9.78. The molecule has 1 aromatic heterocycles. The van der Waals surface area contributed by atoms with Gasteiger partial charge in [0.1, 0.15) is 5.69 Å².